The van der Waals surface area contributed by atoms with Crippen molar-refractivity contribution in [3.8, 4) is 0 Å². The monoisotopic (exact) mass is 211 g/mol. The normalized spacial score (nSPS) is 23.0. The lowest BCUT2D eigenvalue weighted by molar-refractivity contribution is 0.313. The van der Waals surface area contributed by atoms with Gasteiger partial charge in [0.2, 0.25) is 0 Å². The molecule has 0 radical (unpaired) electrons. The summed E-state index contributed by atoms with van der Waals surface area (Å²) in [6.45, 7) is 10.9. The number of likely N-dealkylation sites (tertiary alicyclic amines) is 1. The quantitative estimate of drug-likeness (QED) is 0.534. The third kappa shape index (κ3) is 4.10. The van der Waals surface area contributed by atoms with Crippen LogP contribution in [0.1, 0.15) is 47.0 Å². The van der Waals surface area contributed by atoms with Crippen LogP contribution >= 0.6 is 0 Å². The summed E-state index contributed by atoms with van der Waals surface area (Å²) in [7, 11) is 0. The summed E-state index contributed by atoms with van der Waals surface area (Å²) >= 11 is 0. The molecular weight excluding hydrogens is 186 g/mol. The van der Waals surface area contributed by atoms with E-state index in [1.807, 2.05) is 0 Å². The second-order valence-corrected chi connectivity index (χ2v) is 5.59. The maximum atomic E-state index is 5.98. The summed E-state index contributed by atoms with van der Waals surface area (Å²) in [5.41, 5.74) is 6.45. The largest absolute Gasteiger partial charge is 0.370 e. The van der Waals surface area contributed by atoms with E-state index in [0.29, 0.717) is 11.5 Å². The highest BCUT2D eigenvalue weighted by Crippen LogP contribution is 2.29. The Hall–Kier alpha value is -0.730. The van der Waals surface area contributed by atoms with E-state index in [0.717, 1.165) is 19.0 Å². The Morgan fingerprint density at radius 1 is 1.27 bits per heavy atom. The maximum absolute atomic E-state index is 5.98. The summed E-state index contributed by atoms with van der Waals surface area (Å²) in [6.07, 6.45) is 3.72. The molecule has 2 N–H and O–H groups in total. The van der Waals surface area contributed by atoms with Gasteiger partial charge in [-0.1, -0.05) is 13.8 Å². The van der Waals surface area contributed by atoms with Crippen molar-refractivity contribution in [2.45, 2.75) is 53.0 Å². The molecule has 0 spiro atoms. The second kappa shape index (κ2) is 4.86. The Labute approximate surface area is 93.7 Å². The van der Waals surface area contributed by atoms with Crippen LogP contribution in [0.15, 0.2) is 4.99 Å². The molecule has 1 aliphatic heterocycles. The first-order chi connectivity index (χ1) is 6.91. The summed E-state index contributed by atoms with van der Waals surface area (Å²) in [5.74, 6) is 0.725. The number of aliphatic imine (C=N–C) groups is 1. The van der Waals surface area contributed by atoms with Gasteiger partial charge in [-0.2, -0.15) is 0 Å². The summed E-state index contributed by atoms with van der Waals surface area (Å²) in [6, 6.07) is 0.293. The van der Waals surface area contributed by atoms with Gasteiger partial charge in [-0.25, -0.2) is 0 Å². The zero-order valence-corrected chi connectivity index (χ0v) is 10.6. The minimum absolute atomic E-state index is 0.293. The minimum atomic E-state index is 0.293. The zero-order chi connectivity index (χ0) is 11.5. The number of hydrogen-bond acceptors (Lipinski definition) is 1. The Bertz CT molecular complexity index is 231. The van der Waals surface area contributed by atoms with E-state index < -0.39 is 0 Å². The van der Waals surface area contributed by atoms with Crippen molar-refractivity contribution in [1.29, 1.82) is 0 Å². The van der Waals surface area contributed by atoms with Crippen molar-refractivity contribution in [2.24, 2.45) is 16.1 Å². The fourth-order valence-corrected chi connectivity index (χ4v) is 2.00. The molecule has 0 aromatic carbocycles. The first kappa shape index (κ1) is 12.3. The summed E-state index contributed by atoms with van der Waals surface area (Å²) < 4.78 is 0. The number of nitrogens with zero attached hydrogens (tertiary/aromatic N) is 2. The van der Waals surface area contributed by atoms with Gasteiger partial charge in [-0.3, -0.25) is 4.99 Å². The van der Waals surface area contributed by atoms with Gasteiger partial charge in [0.05, 0.1) is 0 Å². The van der Waals surface area contributed by atoms with Crippen molar-refractivity contribution >= 4 is 5.96 Å². The molecule has 1 rings (SSSR count). The van der Waals surface area contributed by atoms with Gasteiger partial charge in [0, 0.05) is 19.1 Å². The first-order valence-electron chi connectivity index (χ1n) is 5.99. The minimum Gasteiger partial charge on any atom is -0.370 e. The van der Waals surface area contributed by atoms with Crippen molar-refractivity contribution in [2.75, 3.05) is 13.1 Å². The highest BCUT2D eigenvalue weighted by atomic mass is 15.3. The van der Waals surface area contributed by atoms with E-state index in [1.165, 1.54) is 19.3 Å². The van der Waals surface area contributed by atoms with E-state index in [2.05, 4.69) is 37.6 Å². The SMILES string of the molecule is CC(C)N=C(N)N1CCCC(C)(C)CC1. The molecule has 1 aliphatic rings. The maximum Gasteiger partial charge on any atom is 0.191 e. The second-order valence-electron chi connectivity index (χ2n) is 5.59. The highest BCUT2D eigenvalue weighted by Gasteiger charge is 2.23. The Morgan fingerprint density at radius 2 is 1.93 bits per heavy atom. The molecule has 0 atom stereocenters. The van der Waals surface area contributed by atoms with Crippen LogP contribution in [-0.2, 0) is 0 Å². The van der Waals surface area contributed by atoms with Gasteiger partial charge in [-0.05, 0) is 38.5 Å². The van der Waals surface area contributed by atoms with Crippen LogP contribution in [0.3, 0.4) is 0 Å². The van der Waals surface area contributed by atoms with Crippen LogP contribution in [0.25, 0.3) is 0 Å². The third-order valence-corrected chi connectivity index (χ3v) is 3.05. The zero-order valence-electron chi connectivity index (χ0n) is 10.6. The van der Waals surface area contributed by atoms with E-state index in [9.17, 15) is 0 Å². The molecule has 3 nitrogen and oxygen atoms in total. The average molecular weight is 211 g/mol. The van der Waals surface area contributed by atoms with Crippen LogP contribution in [-0.4, -0.2) is 30.0 Å². The molecule has 1 fully saturated rings. The van der Waals surface area contributed by atoms with Gasteiger partial charge in [0.15, 0.2) is 5.96 Å². The molecule has 0 bridgehead atoms. The summed E-state index contributed by atoms with van der Waals surface area (Å²) in [4.78, 5) is 6.64. The van der Waals surface area contributed by atoms with Gasteiger partial charge in [0.1, 0.15) is 0 Å². The molecule has 3 heteroatoms. The predicted octanol–water partition coefficient (Wildman–Crippen LogP) is 2.22. The smallest absolute Gasteiger partial charge is 0.191 e. The van der Waals surface area contributed by atoms with Gasteiger partial charge in [-0.15, -0.1) is 0 Å². The van der Waals surface area contributed by atoms with Crippen LogP contribution < -0.4 is 5.73 Å². The Balaban J connectivity index is 2.58. The molecule has 0 saturated carbocycles. The molecule has 0 aromatic heterocycles. The molecule has 0 amide bonds. The number of nitrogens with two attached hydrogens (primary N) is 1. The van der Waals surface area contributed by atoms with E-state index >= 15 is 0 Å². The lowest BCUT2D eigenvalue weighted by Crippen LogP contribution is -2.38. The third-order valence-electron chi connectivity index (χ3n) is 3.05. The molecule has 88 valence electrons. The Kier molecular flexibility index (Phi) is 4.00. The van der Waals surface area contributed by atoms with E-state index in [1.54, 1.807) is 0 Å². The molecule has 0 aliphatic carbocycles. The number of hydrogen-bond donors (Lipinski definition) is 1. The van der Waals surface area contributed by atoms with Crippen molar-refractivity contribution < 1.29 is 0 Å². The van der Waals surface area contributed by atoms with Crippen molar-refractivity contribution in [3.05, 3.63) is 0 Å². The molecule has 15 heavy (non-hydrogen) atoms. The van der Waals surface area contributed by atoms with Gasteiger partial charge in [0.25, 0.3) is 0 Å². The van der Waals surface area contributed by atoms with Crippen molar-refractivity contribution in [1.82, 2.24) is 4.90 Å². The lowest BCUT2D eigenvalue weighted by Gasteiger charge is -2.24. The molecular formula is C12H25N3. The lowest BCUT2D eigenvalue weighted by atomic mass is 9.85. The standard InChI is InChI=1S/C12H25N3/c1-10(2)14-11(13)15-8-5-6-12(3,4)7-9-15/h10H,5-9H2,1-4H3,(H2,13,14). The van der Waals surface area contributed by atoms with Crippen LogP contribution in [0.2, 0.25) is 0 Å². The highest BCUT2D eigenvalue weighted by molar-refractivity contribution is 5.78. The van der Waals surface area contributed by atoms with E-state index in [4.69, 9.17) is 5.73 Å². The topological polar surface area (TPSA) is 41.6 Å². The fourth-order valence-electron chi connectivity index (χ4n) is 2.00. The number of rotatable bonds is 1. The Morgan fingerprint density at radius 3 is 2.53 bits per heavy atom. The van der Waals surface area contributed by atoms with Crippen LogP contribution in [0.4, 0.5) is 0 Å². The van der Waals surface area contributed by atoms with Crippen molar-refractivity contribution in [3.63, 3.8) is 0 Å². The van der Waals surface area contributed by atoms with Gasteiger partial charge >= 0.3 is 0 Å². The van der Waals surface area contributed by atoms with E-state index in [-0.39, 0.29) is 0 Å². The molecule has 1 saturated heterocycles. The molecule has 1 heterocycles. The average Bonchev–Trinajstić information content (AvgIpc) is 2.25. The first-order valence-corrected chi connectivity index (χ1v) is 5.99. The number of guanidine groups is 1. The predicted molar refractivity (Wildman–Crippen MR) is 66.0 cm³/mol. The fraction of sp³-hybridized carbons (Fsp3) is 0.917. The summed E-state index contributed by atoms with van der Waals surface area (Å²) in [5, 5.41) is 0. The van der Waals surface area contributed by atoms with Gasteiger partial charge < -0.3 is 10.6 Å². The van der Waals surface area contributed by atoms with Crippen LogP contribution in [0, 0.1) is 5.41 Å². The van der Waals surface area contributed by atoms with Crippen LogP contribution in [0.5, 0.6) is 0 Å². The molecule has 0 aromatic rings. The molecule has 0 unspecified atom stereocenters.